The number of pyridine rings is 1. The molecule has 0 atom stereocenters. The average molecular weight is 557 g/mol. The molecule has 0 unspecified atom stereocenters. The number of piperidine rings is 1. The van der Waals surface area contributed by atoms with Crippen LogP contribution in [0.1, 0.15) is 35.4 Å². The molecule has 2 aliphatic heterocycles. The number of aryl methyl sites for hydroxylation is 1. The number of alkyl halides is 3. The summed E-state index contributed by atoms with van der Waals surface area (Å²) in [6.07, 6.45) is 2.23. The predicted octanol–water partition coefficient (Wildman–Crippen LogP) is 3.36. The Morgan fingerprint density at radius 1 is 1.15 bits per heavy atom. The number of imidazole rings is 1. The van der Waals surface area contributed by atoms with Crippen LogP contribution in [0.5, 0.6) is 0 Å². The molecule has 0 saturated carbocycles. The molecular formula is C28H31F3N6O3. The Kier molecular flexibility index (Phi) is 6.79. The highest BCUT2D eigenvalue weighted by molar-refractivity contribution is 5.58. The molecule has 0 radical (unpaired) electrons. The molecule has 0 N–H and O–H groups in total. The number of aromatic nitrogens is 5. The lowest BCUT2D eigenvalue weighted by molar-refractivity contribution is -0.136. The summed E-state index contributed by atoms with van der Waals surface area (Å²) in [4.78, 5) is 15.7. The first-order valence-corrected chi connectivity index (χ1v) is 13.3. The van der Waals surface area contributed by atoms with Crippen LogP contribution in [-0.4, -0.2) is 68.1 Å². The highest BCUT2D eigenvalue weighted by atomic mass is 19.4. The maximum Gasteiger partial charge on any atom is 0.418 e. The highest BCUT2D eigenvalue weighted by Crippen LogP contribution is 2.37. The summed E-state index contributed by atoms with van der Waals surface area (Å²) in [7, 11) is 3.55. The standard InChI is InChI=1S/C28H31F3N6O3/c1-34-18-32-33-25(34)12-27(16-40-17-27)20-4-3-5-21(11-20)36-15-24-23(28(29,30)31)10-19(14-37(24)26(36)38)13-35-8-6-22(39-2)7-9-35/h3-5,10-11,14-15,18,22H,6-9,12-13,16-17H2,1-2H3. The Morgan fingerprint density at radius 2 is 1.93 bits per heavy atom. The van der Waals surface area contributed by atoms with Gasteiger partial charge in [-0.1, -0.05) is 12.1 Å². The molecule has 9 nitrogen and oxygen atoms in total. The fourth-order valence-electron chi connectivity index (χ4n) is 5.78. The molecule has 0 aliphatic carbocycles. The summed E-state index contributed by atoms with van der Waals surface area (Å²) in [6.45, 7) is 2.71. The van der Waals surface area contributed by atoms with E-state index in [1.807, 2.05) is 29.8 Å². The normalized spacial score (nSPS) is 18.3. The molecule has 12 heteroatoms. The largest absolute Gasteiger partial charge is 0.418 e. The number of methoxy groups -OCH3 is 1. The number of ether oxygens (including phenoxy) is 2. The summed E-state index contributed by atoms with van der Waals surface area (Å²) in [5.41, 5.74) is -0.0479. The predicted molar refractivity (Wildman–Crippen MR) is 141 cm³/mol. The molecule has 2 fully saturated rings. The number of nitrogens with zero attached hydrogens (tertiary/aromatic N) is 6. The molecule has 0 amide bonds. The van der Waals surface area contributed by atoms with Gasteiger partial charge in [0.25, 0.3) is 0 Å². The van der Waals surface area contributed by atoms with E-state index in [0.717, 1.165) is 41.7 Å². The highest BCUT2D eigenvalue weighted by Gasteiger charge is 2.42. The van der Waals surface area contributed by atoms with Crippen LogP contribution in [-0.2, 0) is 41.1 Å². The van der Waals surface area contributed by atoms with Gasteiger partial charge in [-0.15, -0.1) is 10.2 Å². The smallest absolute Gasteiger partial charge is 0.381 e. The molecule has 0 spiro atoms. The van der Waals surface area contributed by atoms with Gasteiger partial charge in [0, 0.05) is 58.0 Å². The van der Waals surface area contributed by atoms with Crippen LogP contribution in [0.3, 0.4) is 0 Å². The third-order valence-corrected chi connectivity index (χ3v) is 8.20. The first-order valence-electron chi connectivity index (χ1n) is 13.3. The van der Waals surface area contributed by atoms with Crippen molar-refractivity contribution in [3.63, 3.8) is 0 Å². The van der Waals surface area contributed by atoms with E-state index in [0.29, 0.717) is 37.4 Å². The molecule has 212 valence electrons. The second-order valence-corrected chi connectivity index (χ2v) is 10.9. The van der Waals surface area contributed by atoms with Crippen LogP contribution in [0.25, 0.3) is 11.2 Å². The molecule has 40 heavy (non-hydrogen) atoms. The second kappa shape index (κ2) is 10.2. The van der Waals surface area contributed by atoms with Gasteiger partial charge in [-0.3, -0.25) is 13.9 Å². The number of rotatable bonds is 7. The summed E-state index contributed by atoms with van der Waals surface area (Å²) >= 11 is 0. The van der Waals surface area contributed by atoms with Crippen molar-refractivity contribution in [1.29, 1.82) is 0 Å². The molecule has 1 aromatic carbocycles. The maximum absolute atomic E-state index is 14.2. The van der Waals surface area contributed by atoms with Gasteiger partial charge in [-0.2, -0.15) is 13.2 Å². The Bertz CT molecular complexity index is 1580. The lowest BCUT2D eigenvalue weighted by atomic mass is 9.75. The van der Waals surface area contributed by atoms with Gasteiger partial charge in [-0.25, -0.2) is 4.79 Å². The van der Waals surface area contributed by atoms with Crippen LogP contribution in [0.15, 0.2) is 53.8 Å². The van der Waals surface area contributed by atoms with Crippen LogP contribution in [0.4, 0.5) is 13.2 Å². The van der Waals surface area contributed by atoms with E-state index in [1.54, 1.807) is 19.5 Å². The minimum Gasteiger partial charge on any atom is -0.381 e. The fourth-order valence-corrected chi connectivity index (χ4v) is 5.78. The summed E-state index contributed by atoms with van der Waals surface area (Å²) < 4.78 is 57.9. The van der Waals surface area contributed by atoms with Crippen molar-refractivity contribution in [3.8, 4) is 5.69 Å². The molecule has 5 heterocycles. The number of halogens is 3. The van der Waals surface area contributed by atoms with Crippen molar-refractivity contribution in [1.82, 2.24) is 28.6 Å². The molecule has 2 saturated heterocycles. The summed E-state index contributed by atoms with van der Waals surface area (Å²) in [6, 6.07) is 8.52. The Morgan fingerprint density at radius 3 is 2.55 bits per heavy atom. The topological polar surface area (TPSA) is 78.8 Å². The molecule has 4 aromatic rings. The molecular weight excluding hydrogens is 525 g/mol. The van der Waals surface area contributed by atoms with Gasteiger partial charge in [0.15, 0.2) is 0 Å². The number of hydrogen-bond acceptors (Lipinski definition) is 6. The minimum atomic E-state index is -4.62. The van der Waals surface area contributed by atoms with E-state index in [9.17, 15) is 18.0 Å². The molecule has 2 aliphatic rings. The number of likely N-dealkylation sites (tertiary alicyclic amines) is 1. The van der Waals surface area contributed by atoms with E-state index in [2.05, 4.69) is 15.1 Å². The molecule has 0 bridgehead atoms. The Labute approximate surface area is 228 Å². The molecule has 3 aromatic heterocycles. The maximum atomic E-state index is 14.2. The van der Waals surface area contributed by atoms with Crippen LogP contribution >= 0.6 is 0 Å². The van der Waals surface area contributed by atoms with Crippen LogP contribution < -0.4 is 5.69 Å². The van der Waals surface area contributed by atoms with Gasteiger partial charge in [-0.05, 0) is 42.2 Å². The van der Waals surface area contributed by atoms with E-state index in [-0.39, 0.29) is 17.0 Å². The van der Waals surface area contributed by atoms with E-state index >= 15 is 0 Å². The Balaban J connectivity index is 1.37. The lowest BCUT2D eigenvalue weighted by Crippen LogP contribution is -2.49. The van der Waals surface area contributed by atoms with Crippen molar-refractivity contribution in [2.75, 3.05) is 33.4 Å². The first kappa shape index (κ1) is 26.7. The van der Waals surface area contributed by atoms with Crippen molar-refractivity contribution in [2.45, 2.75) is 43.5 Å². The van der Waals surface area contributed by atoms with E-state index in [1.165, 1.54) is 23.0 Å². The Hall–Kier alpha value is -3.48. The zero-order valence-electron chi connectivity index (χ0n) is 22.4. The van der Waals surface area contributed by atoms with E-state index in [4.69, 9.17) is 9.47 Å². The van der Waals surface area contributed by atoms with Crippen molar-refractivity contribution in [2.24, 2.45) is 7.05 Å². The van der Waals surface area contributed by atoms with E-state index < -0.39 is 17.4 Å². The van der Waals surface area contributed by atoms with Gasteiger partial charge in [0.1, 0.15) is 12.2 Å². The quantitative estimate of drug-likeness (QED) is 0.348. The van der Waals surface area contributed by atoms with Gasteiger partial charge < -0.3 is 14.0 Å². The zero-order valence-corrected chi connectivity index (χ0v) is 22.4. The van der Waals surface area contributed by atoms with Gasteiger partial charge in [0.2, 0.25) is 0 Å². The van der Waals surface area contributed by atoms with Gasteiger partial charge >= 0.3 is 11.9 Å². The second-order valence-electron chi connectivity index (χ2n) is 10.9. The van der Waals surface area contributed by atoms with Gasteiger partial charge in [0.05, 0.1) is 36.1 Å². The van der Waals surface area contributed by atoms with Crippen LogP contribution in [0, 0.1) is 0 Å². The van der Waals surface area contributed by atoms with Crippen molar-refractivity contribution in [3.05, 3.63) is 82.1 Å². The lowest BCUT2D eigenvalue weighted by Gasteiger charge is -2.41. The fraction of sp³-hybridized carbons (Fsp3) is 0.464. The summed E-state index contributed by atoms with van der Waals surface area (Å²) in [5, 5.41) is 8.17. The third kappa shape index (κ3) is 4.84. The average Bonchev–Trinajstić information content (AvgIpc) is 3.48. The number of fused-ring (bicyclic) bond motifs is 1. The minimum absolute atomic E-state index is 0.169. The monoisotopic (exact) mass is 556 g/mol. The van der Waals surface area contributed by atoms with Crippen LogP contribution in [0.2, 0.25) is 0 Å². The summed E-state index contributed by atoms with van der Waals surface area (Å²) in [5.74, 6) is 0.800. The number of benzene rings is 1. The molecule has 6 rings (SSSR count). The zero-order chi connectivity index (χ0) is 28.1. The van der Waals surface area contributed by atoms with Crippen molar-refractivity contribution < 1.29 is 22.6 Å². The SMILES string of the molecule is COC1CCN(Cc2cc(C(F)(F)F)c3cn(-c4cccc(C5(Cc6nncn6C)COC5)c4)c(=O)n3c2)CC1. The first-order chi connectivity index (χ1) is 19.2. The third-order valence-electron chi connectivity index (χ3n) is 8.20. The van der Waals surface area contributed by atoms with Crippen molar-refractivity contribution >= 4 is 5.52 Å². The number of hydrogen-bond donors (Lipinski definition) is 0.